The lowest BCUT2D eigenvalue weighted by molar-refractivity contribution is 0.977. The third kappa shape index (κ3) is 3.98. The Labute approximate surface area is 130 Å². The Kier molecular flexibility index (Phi) is 5.80. The SMILES string of the molecule is [N-]=[N+]=[N-].c1ccc(C(c2ccccc2)c2ccccc2)cc1. The van der Waals surface area contributed by atoms with Gasteiger partial charge in [0.05, 0.1) is 0 Å². The van der Waals surface area contributed by atoms with Crippen molar-refractivity contribution in [3.05, 3.63) is 124 Å². The predicted molar refractivity (Wildman–Crippen MR) is 90.3 cm³/mol. The van der Waals surface area contributed by atoms with Crippen LogP contribution in [-0.2, 0) is 0 Å². The fraction of sp³-hybridized carbons (Fsp3) is 0.0526. The first-order valence-corrected chi connectivity index (χ1v) is 7.00. The van der Waals surface area contributed by atoms with E-state index >= 15 is 0 Å². The van der Waals surface area contributed by atoms with E-state index in [1.165, 1.54) is 21.6 Å². The molecule has 0 radical (unpaired) electrons. The van der Waals surface area contributed by atoms with Crippen LogP contribution < -0.4 is 0 Å². The molecule has 0 spiro atoms. The van der Waals surface area contributed by atoms with E-state index in [4.69, 9.17) is 11.1 Å². The molecule has 0 aliphatic carbocycles. The molecule has 0 bridgehead atoms. The minimum Gasteiger partial charge on any atom is -0.373 e. The van der Waals surface area contributed by atoms with Gasteiger partial charge in [-0.15, -0.1) is 0 Å². The van der Waals surface area contributed by atoms with Gasteiger partial charge < -0.3 is 11.1 Å². The van der Waals surface area contributed by atoms with Gasteiger partial charge in [-0.2, -0.15) is 0 Å². The number of benzene rings is 3. The van der Waals surface area contributed by atoms with E-state index in [1.54, 1.807) is 0 Å². The second kappa shape index (κ2) is 8.30. The molecule has 0 aromatic heterocycles. The molecule has 0 heterocycles. The molecule has 0 N–H and O–H groups in total. The van der Waals surface area contributed by atoms with Crippen molar-refractivity contribution in [3.63, 3.8) is 0 Å². The summed E-state index contributed by atoms with van der Waals surface area (Å²) >= 11 is 0. The van der Waals surface area contributed by atoms with E-state index in [1.807, 2.05) is 0 Å². The van der Waals surface area contributed by atoms with Gasteiger partial charge in [0.1, 0.15) is 0 Å². The van der Waals surface area contributed by atoms with Gasteiger partial charge in [-0.05, 0) is 16.7 Å². The highest BCUT2D eigenvalue weighted by atomic mass is 15.0. The summed E-state index contributed by atoms with van der Waals surface area (Å²) < 4.78 is 0. The Morgan fingerprint density at radius 1 is 0.500 bits per heavy atom. The van der Waals surface area contributed by atoms with Gasteiger partial charge >= 0.3 is 0 Å². The molecule has 3 rings (SSSR count). The summed E-state index contributed by atoms with van der Waals surface area (Å²) in [5.74, 6) is 0.309. The zero-order chi connectivity index (χ0) is 15.6. The molecule has 0 unspecified atom stereocenters. The molecule has 0 saturated carbocycles. The van der Waals surface area contributed by atoms with Crippen LogP contribution in [0.5, 0.6) is 0 Å². The average molecular weight is 286 g/mol. The largest absolute Gasteiger partial charge is 0.373 e. The van der Waals surface area contributed by atoms with E-state index in [0.717, 1.165) is 0 Å². The number of rotatable bonds is 3. The van der Waals surface area contributed by atoms with Gasteiger partial charge in [-0.1, -0.05) is 91.0 Å². The minimum absolute atomic E-state index is 0.309. The van der Waals surface area contributed by atoms with Crippen molar-refractivity contribution in [3.8, 4) is 0 Å². The molecule has 3 heteroatoms. The highest BCUT2D eigenvalue weighted by molar-refractivity contribution is 5.42. The van der Waals surface area contributed by atoms with Crippen LogP contribution in [0.2, 0.25) is 0 Å². The molecule has 0 amide bonds. The third-order valence-electron chi connectivity index (χ3n) is 3.40. The van der Waals surface area contributed by atoms with Crippen molar-refractivity contribution in [2.45, 2.75) is 5.92 Å². The standard InChI is InChI=1S/C19H16.N3/c1-4-10-16(11-5-1)19(17-12-6-2-7-13-17)18-14-8-3-9-15-18;1-3-2/h1-15,19H;/q;-1. The van der Waals surface area contributed by atoms with Crippen molar-refractivity contribution >= 4 is 0 Å². The van der Waals surface area contributed by atoms with E-state index in [-0.39, 0.29) is 0 Å². The minimum atomic E-state index is 0.309. The Morgan fingerprint density at radius 3 is 0.955 bits per heavy atom. The summed E-state index contributed by atoms with van der Waals surface area (Å²) in [6.07, 6.45) is 0. The lowest BCUT2D eigenvalue weighted by Crippen LogP contribution is -2.02. The number of nitrogens with zero attached hydrogens (tertiary/aromatic N) is 3. The fourth-order valence-electron chi connectivity index (χ4n) is 2.51. The van der Waals surface area contributed by atoms with Crippen LogP contribution in [0, 0.1) is 0 Å². The molecule has 0 atom stereocenters. The van der Waals surface area contributed by atoms with Crippen LogP contribution in [0.25, 0.3) is 16.0 Å². The Balaban J connectivity index is 0.000000545. The highest BCUT2D eigenvalue weighted by Crippen LogP contribution is 2.31. The first kappa shape index (κ1) is 15.4. The summed E-state index contributed by atoms with van der Waals surface area (Å²) in [4.78, 5) is 1.50. The summed E-state index contributed by atoms with van der Waals surface area (Å²) in [6.45, 7) is 0. The van der Waals surface area contributed by atoms with Crippen LogP contribution >= 0.6 is 0 Å². The normalized spacial score (nSPS) is 9.50. The molecule has 3 aromatic rings. The zero-order valence-corrected chi connectivity index (χ0v) is 12.1. The third-order valence-corrected chi connectivity index (χ3v) is 3.40. The summed E-state index contributed by atoms with van der Waals surface area (Å²) in [6, 6.07) is 32.0. The predicted octanol–water partition coefficient (Wildman–Crippen LogP) is 5.73. The first-order valence-electron chi connectivity index (χ1n) is 7.00. The van der Waals surface area contributed by atoms with Gasteiger partial charge in [0.25, 0.3) is 0 Å². The number of hydrogen-bond acceptors (Lipinski definition) is 0. The van der Waals surface area contributed by atoms with Crippen LogP contribution in [-0.4, -0.2) is 0 Å². The molecule has 0 aliphatic rings. The zero-order valence-electron chi connectivity index (χ0n) is 12.1. The van der Waals surface area contributed by atoms with Crippen molar-refractivity contribution in [1.29, 1.82) is 0 Å². The Bertz CT molecular complexity index is 610. The lowest BCUT2D eigenvalue weighted by atomic mass is 9.85. The molecule has 3 nitrogen and oxygen atoms in total. The molecule has 22 heavy (non-hydrogen) atoms. The summed E-state index contributed by atoms with van der Waals surface area (Å²) in [7, 11) is 0. The molecule has 0 aliphatic heterocycles. The van der Waals surface area contributed by atoms with Gasteiger partial charge in [0.2, 0.25) is 0 Å². The average Bonchev–Trinajstić information content (AvgIpc) is 2.59. The second-order valence-electron chi connectivity index (χ2n) is 4.75. The monoisotopic (exact) mass is 286 g/mol. The van der Waals surface area contributed by atoms with Crippen LogP contribution in [0.3, 0.4) is 0 Å². The Morgan fingerprint density at radius 2 is 0.727 bits per heavy atom. The van der Waals surface area contributed by atoms with E-state index in [2.05, 4.69) is 91.0 Å². The maximum atomic E-state index is 6.75. The van der Waals surface area contributed by atoms with Crippen molar-refractivity contribution in [1.82, 2.24) is 0 Å². The smallest absolute Gasteiger partial charge is 0.0339 e. The van der Waals surface area contributed by atoms with Crippen molar-refractivity contribution in [2.24, 2.45) is 0 Å². The quantitative estimate of drug-likeness (QED) is 0.255. The van der Waals surface area contributed by atoms with E-state index < -0.39 is 0 Å². The number of hydrogen-bond donors (Lipinski definition) is 0. The maximum Gasteiger partial charge on any atom is 0.0339 e. The van der Waals surface area contributed by atoms with Gasteiger partial charge in [0, 0.05) is 5.92 Å². The van der Waals surface area contributed by atoms with Crippen LogP contribution in [0.4, 0.5) is 0 Å². The summed E-state index contributed by atoms with van der Waals surface area (Å²) in [5, 5.41) is 0. The molecular formula is C19H16N3-. The fourth-order valence-corrected chi connectivity index (χ4v) is 2.51. The van der Waals surface area contributed by atoms with E-state index in [0.29, 0.717) is 5.92 Å². The van der Waals surface area contributed by atoms with Crippen molar-refractivity contribution < 1.29 is 0 Å². The van der Waals surface area contributed by atoms with Crippen LogP contribution in [0.1, 0.15) is 22.6 Å². The molecule has 108 valence electrons. The molecular weight excluding hydrogens is 270 g/mol. The first-order chi connectivity index (χ1) is 10.9. The van der Waals surface area contributed by atoms with Crippen LogP contribution in [0.15, 0.2) is 91.0 Å². The van der Waals surface area contributed by atoms with Gasteiger partial charge in [-0.3, -0.25) is 4.91 Å². The second-order valence-corrected chi connectivity index (χ2v) is 4.75. The Hall–Kier alpha value is -3.03. The molecule has 0 saturated heterocycles. The lowest BCUT2D eigenvalue weighted by Gasteiger charge is -2.18. The van der Waals surface area contributed by atoms with Crippen molar-refractivity contribution in [2.75, 3.05) is 0 Å². The van der Waals surface area contributed by atoms with Gasteiger partial charge in [-0.25, -0.2) is 0 Å². The topological polar surface area (TPSA) is 58.7 Å². The highest BCUT2D eigenvalue weighted by Gasteiger charge is 2.15. The van der Waals surface area contributed by atoms with Gasteiger partial charge in [0.15, 0.2) is 0 Å². The maximum absolute atomic E-state index is 6.75. The summed E-state index contributed by atoms with van der Waals surface area (Å²) in [5.41, 5.74) is 17.5. The molecule has 3 aromatic carbocycles. The molecule has 0 fully saturated rings. The van der Waals surface area contributed by atoms with E-state index in [9.17, 15) is 0 Å².